The summed E-state index contributed by atoms with van der Waals surface area (Å²) >= 11 is 0. The molecule has 194 valence electrons. The molecule has 10 heteroatoms. The second kappa shape index (κ2) is 9.99. The van der Waals surface area contributed by atoms with E-state index in [0.29, 0.717) is 42.8 Å². The number of fused-ring (bicyclic) bond motifs is 4. The van der Waals surface area contributed by atoms with Gasteiger partial charge in [-0.25, -0.2) is 4.79 Å². The van der Waals surface area contributed by atoms with Gasteiger partial charge in [0.1, 0.15) is 6.04 Å². The molecule has 0 aliphatic carbocycles. The van der Waals surface area contributed by atoms with Crippen molar-refractivity contribution < 1.29 is 28.7 Å². The zero-order chi connectivity index (χ0) is 25.4. The highest BCUT2D eigenvalue weighted by Crippen LogP contribution is 2.38. The van der Waals surface area contributed by atoms with E-state index in [4.69, 9.17) is 9.47 Å². The lowest BCUT2D eigenvalue weighted by atomic mass is 9.76. The SMILES string of the molecule is COc1ccc(CN2C(=O)NC(CCC(=O)N3C[C@H]4C[C@@H](C3)C3CCCC(=O)N3C4)C2=O)cc1OC. The number of hydrogen-bond acceptors (Lipinski definition) is 6. The van der Waals surface area contributed by atoms with Gasteiger partial charge in [0, 0.05) is 38.5 Å². The predicted octanol–water partition coefficient (Wildman–Crippen LogP) is 1.76. The van der Waals surface area contributed by atoms with Gasteiger partial charge in [-0.2, -0.15) is 0 Å². The third-order valence-electron chi connectivity index (χ3n) is 8.08. The lowest BCUT2D eigenvalue weighted by molar-refractivity contribution is -0.148. The van der Waals surface area contributed by atoms with Crippen molar-refractivity contribution in [2.75, 3.05) is 33.9 Å². The fourth-order valence-electron chi connectivity index (χ4n) is 6.32. The molecule has 2 unspecified atom stereocenters. The monoisotopic (exact) mass is 498 g/mol. The van der Waals surface area contributed by atoms with Gasteiger partial charge in [0.15, 0.2) is 11.5 Å². The van der Waals surface area contributed by atoms with Gasteiger partial charge in [0.2, 0.25) is 11.8 Å². The molecule has 0 saturated carbocycles. The van der Waals surface area contributed by atoms with E-state index in [1.807, 2.05) is 4.90 Å². The second-order valence-corrected chi connectivity index (χ2v) is 10.3. The number of ether oxygens (including phenoxy) is 2. The number of carbonyl (C=O) groups excluding carboxylic acids is 4. The Morgan fingerprint density at radius 1 is 1.08 bits per heavy atom. The quantitative estimate of drug-likeness (QED) is 0.574. The van der Waals surface area contributed by atoms with Crippen molar-refractivity contribution in [1.82, 2.24) is 20.0 Å². The molecule has 0 radical (unpaired) electrons. The molecular weight excluding hydrogens is 464 g/mol. The largest absolute Gasteiger partial charge is 0.493 e. The molecule has 4 atom stereocenters. The van der Waals surface area contributed by atoms with Gasteiger partial charge in [-0.05, 0) is 55.2 Å². The van der Waals surface area contributed by atoms with Crippen LogP contribution in [0.5, 0.6) is 11.5 Å². The summed E-state index contributed by atoms with van der Waals surface area (Å²) in [4.78, 5) is 56.1. The number of imide groups is 1. The Balaban J connectivity index is 1.16. The third-order valence-corrected chi connectivity index (χ3v) is 8.08. The van der Waals surface area contributed by atoms with Crippen molar-refractivity contribution in [2.24, 2.45) is 11.8 Å². The average molecular weight is 499 g/mol. The Labute approximate surface area is 210 Å². The molecule has 4 fully saturated rings. The highest BCUT2D eigenvalue weighted by Gasteiger charge is 2.45. The number of likely N-dealkylation sites (tertiary alicyclic amines) is 1. The Hall–Kier alpha value is -3.30. The van der Waals surface area contributed by atoms with E-state index in [0.717, 1.165) is 31.4 Å². The second-order valence-electron chi connectivity index (χ2n) is 10.3. The molecular formula is C26H34N4O6. The van der Waals surface area contributed by atoms with Crippen molar-refractivity contribution in [3.8, 4) is 11.5 Å². The Kier molecular flexibility index (Phi) is 6.77. The number of urea groups is 1. The minimum Gasteiger partial charge on any atom is -0.493 e. The van der Waals surface area contributed by atoms with Crippen LogP contribution in [0.2, 0.25) is 0 Å². The van der Waals surface area contributed by atoms with Crippen LogP contribution in [-0.4, -0.2) is 84.4 Å². The molecule has 4 aliphatic rings. The minimum absolute atomic E-state index is 0.0145. The lowest BCUT2D eigenvalue weighted by Gasteiger charge is -2.52. The van der Waals surface area contributed by atoms with Gasteiger partial charge in [-0.1, -0.05) is 6.07 Å². The number of benzene rings is 1. The summed E-state index contributed by atoms with van der Waals surface area (Å²) in [6, 6.07) is 4.34. The Morgan fingerprint density at radius 3 is 2.67 bits per heavy atom. The zero-order valence-electron chi connectivity index (χ0n) is 20.9. The molecule has 1 aromatic carbocycles. The van der Waals surface area contributed by atoms with E-state index >= 15 is 0 Å². The Morgan fingerprint density at radius 2 is 1.89 bits per heavy atom. The first-order valence-electron chi connectivity index (χ1n) is 12.8. The number of nitrogens with one attached hydrogen (secondary N) is 1. The molecule has 5 amide bonds. The van der Waals surface area contributed by atoms with Gasteiger partial charge in [0.05, 0.1) is 20.8 Å². The molecule has 4 aliphatic heterocycles. The number of piperidine rings is 3. The van der Waals surface area contributed by atoms with Crippen molar-refractivity contribution in [3.63, 3.8) is 0 Å². The zero-order valence-corrected chi connectivity index (χ0v) is 20.9. The molecule has 1 N–H and O–H groups in total. The van der Waals surface area contributed by atoms with Crippen LogP contribution in [0.1, 0.15) is 44.1 Å². The van der Waals surface area contributed by atoms with Crippen molar-refractivity contribution in [1.29, 1.82) is 0 Å². The molecule has 36 heavy (non-hydrogen) atoms. The number of rotatable bonds is 7. The van der Waals surface area contributed by atoms with Crippen molar-refractivity contribution in [3.05, 3.63) is 23.8 Å². The molecule has 0 aromatic heterocycles. The van der Waals surface area contributed by atoms with Crippen LogP contribution in [0.4, 0.5) is 4.79 Å². The first-order valence-corrected chi connectivity index (χ1v) is 12.8. The summed E-state index contributed by atoms with van der Waals surface area (Å²) in [7, 11) is 3.07. The highest BCUT2D eigenvalue weighted by atomic mass is 16.5. The maximum Gasteiger partial charge on any atom is 0.325 e. The van der Waals surface area contributed by atoms with Gasteiger partial charge in [0.25, 0.3) is 5.91 Å². The molecule has 2 bridgehead atoms. The first-order chi connectivity index (χ1) is 17.4. The maximum atomic E-state index is 13.1. The number of carbonyl (C=O) groups is 4. The fourth-order valence-corrected chi connectivity index (χ4v) is 6.32. The summed E-state index contributed by atoms with van der Waals surface area (Å²) in [6.07, 6.45) is 4.13. The van der Waals surface area contributed by atoms with Crippen LogP contribution in [-0.2, 0) is 20.9 Å². The van der Waals surface area contributed by atoms with Crippen molar-refractivity contribution >= 4 is 23.8 Å². The molecule has 10 nitrogen and oxygen atoms in total. The van der Waals surface area contributed by atoms with E-state index < -0.39 is 12.1 Å². The van der Waals surface area contributed by atoms with Gasteiger partial charge in [-0.3, -0.25) is 19.3 Å². The topological polar surface area (TPSA) is 108 Å². The maximum absolute atomic E-state index is 13.1. The van der Waals surface area contributed by atoms with Crippen LogP contribution in [0.15, 0.2) is 18.2 Å². The number of nitrogens with zero attached hydrogens (tertiary/aromatic N) is 3. The Bertz CT molecular complexity index is 1060. The molecule has 0 spiro atoms. The summed E-state index contributed by atoms with van der Waals surface area (Å²) in [6.45, 7) is 2.18. The van der Waals surface area contributed by atoms with Gasteiger partial charge >= 0.3 is 6.03 Å². The van der Waals surface area contributed by atoms with E-state index in [9.17, 15) is 19.2 Å². The van der Waals surface area contributed by atoms with Crippen molar-refractivity contribution in [2.45, 2.75) is 57.2 Å². The van der Waals surface area contributed by atoms with Crippen LogP contribution >= 0.6 is 0 Å². The average Bonchev–Trinajstić information content (AvgIpc) is 3.15. The van der Waals surface area contributed by atoms with Gasteiger partial charge in [-0.15, -0.1) is 0 Å². The number of hydrogen-bond donors (Lipinski definition) is 1. The number of methoxy groups -OCH3 is 2. The predicted molar refractivity (Wildman–Crippen MR) is 129 cm³/mol. The summed E-state index contributed by atoms with van der Waals surface area (Å²) < 4.78 is 10.6. The molecule has 1 aromatic rings. The van der Waals surface area contributed by atoms with E-state index in [1.165, 1.54) is 12.0 Å². The number of amides is 5. The summed E-state index contributed by atoms with van der Waals surface area (Å²) in [5.74, 6) is 1.69. The van der Waals surface area contributed by atoms with Crippen LogP contribution in [0, 0.1) is 11.8 Å². The normalized spacial score (nSPS) is 27.6. The fraction of sp³-hybridized carbons (Fsp3) is 0.615. The van der Waals surface area contributed by atoms with E-state index in [1.54, 1.807) is 25.3 Å². The van der Waals surface area contributed by atoms with Crippen LogP contribution < -0.4 is 14.8 Å². The third kappa shape index (κ3) is 4.60. The smallest absolute Gasteiger partial charge is 0.325 e. The van der Waals surface area contributed by atoms with Crippen LogP contribution in [0.25, 0.3) is 0 Å². The standard InChI is InChI=1S/C26H34N4O6/c1-35-21-8-6-16(11-22(21)36-2)13-30-25(33)19(27-26(30)34)7-9-23(31)28-12-17-10-18(15-28)20-4-3-5-24(32)29(20)14-17/h6,8,11,17-20H,3-5,7,9-10,12-15H2,1-2H3,(H,27,34)/t17-,18+,19?,20?/m1/s1. The minimum atomic E-state index is -0.711. The summed E-state index contributed by atoms with van der Waals surface area (Å²) in [5.41, 5.74) is 0.739. The first kappa shape index (κ1) is 24.4. The van der Waals surface area contributed by atoms with E-state index in [2.05, 4.69) is 10.2 Å². The summed E-state index contributed by atoms with van der Waals surface area (Å²) in [5, 5.41) is 2.73. The lowest BCUT2D eigenvalue weighted by Crippen LogP contribution is -2.61. The molecule has 4 saturated heterocycles. The molecule has 4 heterocycles. The highest BCUT2D eigenvalue weighted by molar-refractivity contribution is 6.04. The van der Waals surface area contributed by atoms with Gasteiger partial charge < -0.3 is 24.6 Å². The molecule has 5 rings (SSSR count). The van der Waals surface area contributed by atoms with E-state index in [-0.39, 0.29) is 43.1 Å². The van der Waals surface area contributed by atoms with Crippen LogP contribution in [0.3, 0.4) is 0 Å².